The molecule has 7 nitrogen and oxygen atoms in total. The summed E-state index contributed by atoms with van der Waals surface area (Å²) in [5.74, 6) is 1.44. The fourth-order valence-electron chi connectivity index (χ4n) is 3.85. The van der Waals surface area contributed by atoms with Crippen molar-refractivity contribution in [3.63, 3.8) is 0 Å². The molecule has 0 unspecified atom stereocenters. The third kappa shape index (κ3) is 3.26. The Balaban J connectivity index is 1.66. The molecule has 1 aromatic carbocycles. The molecule has 0 spiro atoms. The first-order chi connectivity index (χ1) is 13.2. The van der Waals surface area contributed by atoms with E-state index in [1.807, 2.05) is 36.7 Å². The van der Waals surface area contributed by atoms with Gasteiger partial charge in [-0.2, -0.15) is 15.5 Å². The van der Waals surface area contributed by atoms with E-state index >= 15 is 0 Å². The summed E-state index contributed by atoms with van der Waals surface area (Å²) in [6, 6.07) is 10.2. The van der Waals surface area contributed by atoms with Crippen LogP contribution in [0.5, 0.6) is 0 Å². The Bertz CT molecular complexity index is 994. The molecule has 1 saturated heterocycles. The van der Waals surface area contributed by atoms with Crippen LogP contribution in [-0.2, 0) is 7.05 Å². The quantitative estimate of drug-likeness (QED) is 0.715. The second-order valence-corrected chi connectivity index (χ2v) is 6.96. The zero-order valence-corrected chi connectivity index (χ0v) is 15.5. The number of anilines is 1. The van der Waals surface area contributed by atoms with Gasteiger partial charge in [0, 0.05) is 37.2 Å². The Morgan fingerprint density at radius 1 is 1.15 bits per heavy atom. The zero-order valence-electron chi connectivity index (χ0n) is 15.5. The van der Waals surface area contributed by atoms with Crippen molar-refractivity contribution in [2.45, 2.75) is 25.7 Å². The molecule has 0 N–H and O–H groups in total. The van der Waals surface area contributed by atoms with Crippen molar-refractivity contribution in [1.82, 2.24) is 25.0 Å². The lowest BCUT2D eigenvalue weighted by atomic mass is 9.93. The van der Waals surface area contributed by atoms with Gasteiger partial charge in [0.15, 0.2) is 0 Å². The van der Waals surface area contributed by atoms with Crippen LogP contribution in [0.2, 0.25) is 0 Å². The first kappa shape index (κ1) is 17.2. The number of hydrogen-bond acceptors (Lipinski definition) is 6. The molecule has 0 amide bonds. The molecular weight excluding hydrogens is 338 g/mol. The number of rotatable bonds is 3. The normalized spacial score (nSPS) is 14.9. The maximum Gasteiger partial charge on any atom is 0.135 e. The highest BCUT2D eigenvalue weighted by atomic mass is 15.3. The van der Waals surface area contributed by atoms with Crippen LogP contribution in [0.4, 0.5) is 5.69 Å². The number of hydrogen-bond donors (Lipinski definition) is 0. The topological polar surface area (TPSA) is 83.5 Å². The van der Waals surface area contributed by atoms with Gasteiger partial charge in [0.25, 0.3) is 0 Å². The molecule has 1 aliphatic rings. The summed E-state index contributed by atoms with van der Waals surface area (Å²) in [4.78, 5) is 2.32. The van der Waals surface area contributed by atoms with Gasteiger partial charge in [-0.3, -0.25) is 0 Å². The smallest absolute Gasteiger partial charge is 0.135 e. The molecule has 0 saturated carbocycles. The molecule has 0 atom stereocenters. The Labute approximate surface area is 158 Å². The van der Waals surface area contributed by atoms with E-state index in [0.717, 1.165) is 54.3 Å². The Morgan fingerprint density at radius 3 is 2.63 bits per heavy atom. The molecule has 0 bridgehead atoms. The molecule has 0 radical (unpaired) electrons. The number of benzene rings is 1. The van der Waals surface area contributed by atoms with Gasteiger partial charge in [0.2, 0.25) is 0 Å². The number of aryl methyl sites for hydroxylation is 2. The lowest BCUT2D eigenvalue weighted by Gasteiger charge is -2.35. The summed E-state index contributed by atoms with van der Waals surface area (Å²) in [5.41, 5.74) is 4.57. The number of piperidine rings is 1. The number of nitriles is 1. The summed E-state index contributed by atoms with van der Waals surface area (Å²) in [6.45, 7) is 3.68. The minimum atomic E-state index is 0.399. The average molecular weight is 359 g/mol. The number of aromatic nitrogens is 5. The van der Waals surface area contributed by atoms with Crippen LogP contribution in [-0.4, -0.2) is 38.1 Å². The lowest BCUT2D eigenvalue weighted by molar-refractivity contribution is 0.474. The number of nitrogens with zero attached hydrogens (tertiary/aromatic N) is 7. The van der Waals surface area contributed by atoms with Gasteiger partial charge >= 0.3 is 0 Å². The third-order valence-electron chi connectivity index (χ3n) is 5.17. The average Bonchev–Trinajstić information content (AvgIpc) is 3.13. The largest absolute Gasteiger partial charge is 0.370 e. The number of para-hydroxylation sites is 1. The van der Waals surface area contributed by atoms with Gasteiger partial charge in [-0.25, -0.2) is 0 Å². The van der Waals surface area contributed by atoms with E-state index in [0.29, 0.717) is 11.5 Å². The van der Waals surface area contributed by atoms with Crippen LogP contribution in [0.15, 0.2) is 36.8 Å². The fourth-order valence-corrected chi connectivity index (χ4v) is 3.85. The van der Waals surface area contributed by atoms with Gasteiger partial charge in [-0.1, -0.05) is 12.1 Å². The summed E-state index contributed by atoms with van der Waals surface area (Å²) < 4.78 is 2.00. The minimum absolute atomic E-state index is 0.399. The SMILES string of the molecule is Cc1cc(-c2cccc(C#N)c2N2CCC(c3nncn3C)CC2)cnn1. The minimum Gasteiger partial charge on any atom is -0.370 e. The Hall–Kier alpha value is -3.27. The van der Waals surface area contributed by atoms with Crippen molar-refractivity contribution in [2.75, 3.05) is 18.0 Å². The standard InChI is InChI=1S/C20H21N7/c1-14-10-17(12-22-24-14)18-5-3-4-16(11-21)19(18)27-8-6-15(7-9-27)20-25-23-13-26(20)2/h3-5,10,12-13,15H,6-9H2,1-2H3. The molecule has 1 fully saturated rings. The van der Waals surface area contributed by atoms with Crippen LogP contribution in [0.25, 0.3) is 11.1 Å². The molecule has 4 rings (SSSR count). The fraction of sp³-hybridized carbons (Fsp3) is 0.350. The summed E-state index contributed by atoms with van der Waals surface area (Å²) in [6.07, 6.45) is 5.49. The highest BCUT2D eigenvalue weighted by Gasteiger charge is 2.26. The molecule has 3 heterocycles. The maximum absolute atomic E-state index is 9.69. The monoisotopic (exact) mass is 359 g/mol. The van der Waals surface area contributed by atoms with Crippen molar-refractivity contribution in [2.24, 2.45) is 7.05 Å². The van der Waals surface area contributed by atoms with E-state index in [9.17, 15) is 5.26 Å². The first-order valence-corrected chi connectivity index (χ1v) is 9.09. The van der Waals surface area contributed by atoms with E-state index in [2.05, 4.69) is 37.4 Å². The van der Waals surface area contributed by atoms with Crippen LogP contribution in [0.1, 0.15) is 35.8 Å². The molecule has 1 aliphatic heterocycles. The molecule has 27 heavy (non-hydrogen) atoms. The highest BCUT2D eigenvalue weighted by Crippen LogP contribution is 2.37. The molecule has 136 valence electrons. The highest BCUT2D eigenvalue weighted by molar-refractivity contribution is 5.82. The summed E-state index contributed by atoms with van der Waals surface area (Å²) in [5, 5.41) is 26.1. The van der Waals surface area contributed by atoms with Crippen LogP contribution in [0.3, 0.4) is 0 Å². The molecule has 2 aromatic heterocycles. The van der Waals surface area contributed by atoms with Gasteiger partial charge in [0.05, 0.1) is 23.1 Å². The van der Waals surface area contributed by atoms with E-state index in [4.69, 9.17) is 0 Å². The predicted molar refractivity (Wildman–Crippen MR) is 102 cm³/mol. The van der Waals surface area contributed by atoms with Crippen molar-refractivity contribution in [1.29, 1.82) is 5.26 Å². The summed E-state index contributed by atoms with van der Waals surface area (Å²) >= 11 is 0. The van der Waals surface area contributed by atoms with E-state index in [-0.39, 0.29) is 0 Å². The van der Waals surface area contributed by atoms with Gasteiger partial charge < -0.3 is 9.47 Å². The van der Waals surface area contributed by atoms with E-state index < -0.39 is 0 Å². The third-order valence-corrected chi connectivity index (χ3v) is 5.17. The van der Waals surface area contributed by atoms with E-state index in [1.165, 1.54) is 0 Å². The molecule has 3 aromatic rings. The second kappa shape index (κ2) is 7.16. The summed E-state index contributed by atoms with van der Waals surface area (Å²) in [7, 11) is 1.99. The van der Waals surface area contributed by atoms with Crippen molar-refractivity contribution < 1.29 is 0 Å². The van der Waals surface area contributed by atoms with Crippen LogP contribution >= 0.6 is 0 Å². The van der Waals surface area contributed by atoms with Gasteiger partial charge in [-0.15, -0.1) is 10.2 Å². The van der Waals surface area contributed by atoms with Crippen molar-refractivity contribution >= 4 is 5.69 Å². The Morgan fingerprint density at radius 2 is 1.96 bits per heavy atom. The second-order valence-electron chi connectivity index (χ2n) is 6.96. The lowest BCUT2D eigenvalue weighted by Crippen LogP contribution is -2.34. The molecule has 0 aliphatic carbocycles. The van der Waals surface area contributed by atoms with Gasteiger partial charge in [-0.05, 0) is 31.9 Å². The van der Waals surface area contributed by atoms with Crippen molar-refractivity contribution in [3.8, 4) is 17.2 Å². The maximum atomic E-state index is 9.69. The molecular formula is C20H21N7. The Kier molecular flexibility index (Phi) is 4.55. The van der Waals surface area contributed by atoms with Crippen molar-refractivity contribution in [3.05, 3.63) is 53.9 Å². The van der Waals surface area contributed by atoms with Gasteiger partial charge in [0.1, 0.15) is 18.2 Å². The van der Waals surface area contributed by atoms with E-state index in [1.54, 1.807) is 12.5 Å². The predicted octanol–water partition coefficient (Wildman–Crippen LogP) is 2.84. The molecule has 7 heteroatoms. The van der Waals surface area contributed by atoms with Crippen LogP contribution in [0, 0.1) is 18.3 Å². The zero-order chi connectivity index (χ0) is 18.8. The first-order valence-electron chi connectivity index (χ1n) is 9.09. The van der Waals surface area contributed by atoms with Crippen LogP contribution < -0.4 is 4.90 Å².